The lowest BCUT2D eigenvalue weighted by Crippen LogP contribution is -2.20. The standard InChI is InChI=1S/C11H12ClNO5/c1-7(2)10(12)18-11(14)17-9-5-3-8(4-6-9)13(15)16/h3-7,10H,1-2H3. The van der Waals surface area contributed by atoms with Crippen molar-refractivity contribution in [1.29, 1.82) is 0 Å². The van der Waals surface area contributed by atoms with Crippen molar-refractivity contribution in [1.82, 2.24) is 0 Å². The first-order chi connectivity index (χ1) is 8.40. The molecule has 0 aliphatic rings. The van der Waals surface area contributed by atoms with Crippen LogP contribution in [0.25, 0.3) is 0 Å². The van der Waals surface area contributed by atoms with Gasteiger partial charge in [-0.25, -0.2) is 4.79 Å². The normalized spacial score (nSPS) is 12.0. The molecule has 1 aromatic rings. The lowest BCUT2D eigenvalue weighted by Gasteiger charge is -2.13. The average Bonchev–Trinajstić information content (AvgIpc) is 2.29. The number of rotatable bonds is 4. The van der Waals surface area contributed by atoms with Crippen molar-refractivity contribution in [3.63, 3.8) is 0 Å². The number of hydrogen-bond acceptors (Lipinski definition) is 5. The number of carbonyl (C=O) groups excluding carboxylic acids is 1. The number of halogens is 1. The summed E-state index contributed by atoms with van der Waals surface area (Å²) in [6.45, 7) is 3.58. The highest BCUT2D eigenvalue weighted by Gasteiger charge is 2.17. The molecule has 0 spiro atoms. The summed E-state index contributed by atoms with van der Waals surface area (Å²) in [5, 5.41) is 10.4. The molecule has 0 aliphatic carbocycles. The molecule has 0 bridgehead atoms. The second-order valence-corrected chi connectivity index (χ2v) is 4.25. The van der Waals surface area contributed by atoms with E-state index in [0.717, 1.165) is 0 Å². The van der Waals surface area contributed by atoms with Crippen LogP contribution in [0, 0.1) is 16.0 Å². The Balaban J connectivity index is 2.57. The molecule has 0 fully saturated rings. The number of alkyl halides is 1. The predicted octanol–water partition coefficient (Wildman–Crippen LogP) is 3.33. The second-order valence-electron chi connectivity index (χ2n) is 3.82. The molecule has 1 atom stereocenters. The van der Waals surface area contributed by atoms with Crippen molar-refractivity contribution < 1.29 is 19.2 Å². The molecule has 0 saturated heterocycles. The quantitative estimate of drug-likeness (QED) is 0.276. The van der Waals surface area contributed by atoms with E-state index in [1.54, 1.807) is 13.8 Å². The van der Waals surface area contributed by atoms with Gasteiger partial charge < -0.3 is 9.47 Å². The van der Waals surface area contributed by atoms with Crippen molar-refractivity contribution >= 4 is 23.4 Å². The van der Waals surface area contributed by atoms with E-state index in [4.69, 9.17) is 21.1 Å². The van der Waals surface area contributed by atoms with Gasteiger partial charge in [-0.1, -0.05) is 25.4 Å². The van der Waals surface area contributed by atoms with Gasteiger partial charge in [-0.3, -0.25) is 10.1 Å². The number of nitro groups is 1. The number of benzene rings is 1. The molecule has 0 radical (unpaired) electrons. The van der Waals surface area contributed by atoms with Gasteiger partial charge in [0.1, 0.15) is 5.75 Å². The molecule has 98 valence electrons. The zero-order valence-electron chi connectivity index (χ0n) is 9.83. The predicted molar refractivity (Wildman–Crippen MR) is 64.7 cm³/mol. The molecule has 0 saturated carbocycles. The SMILES string of the molecule is CC(C)C(Cl)OC(=O)Oc1ccc([N+](=O)[O-])cc1. The van der Waals surface area contributed by atoms with E-state index in [1.807, 2.05) is 0 Å². The zero-order valence-corrected chi connectivity index (χ0v) is 10.6. The first-order valence-corrected chi connectivity index (χ1v) is 5.61. The summed E-state index contributed by atoms with van der Waals surface area (Å²) in [6.07, 6.45) is -0.947. The fourth-order valence-electron chi connectivity index (χ4n) is 0.984. The molecule has 1 rings (SSSR count). The summed E-state index contributed by atoms with van der Waals surface area (Å²) in [4.78, 5) is 21.1. The number of non-ortho nitro benzene ring substituents is 1. The monoisotopic (exact) mass is 273 g/mol. The van der Waals surface area contributed by atoms with Crippen LogP contribution in [0.4, 0.5) is 10.5 Å². The lowest BCUT2D eigenvalue weighted by molar-refractivity contribution is -0.384. The third-order valence-electron chi connectivity index (χ3n) is 1.98. The highest BCUT2D eigenvalue weighted by atomic mass is 35.5. The molecule has 6 nitrogen and oxygen atoms in total. The van der Waals surface area contributed by atoms with Gasteiger partial charge in [-0.05, 0) is 12.1 Å². The van der Waals surface area contributed by atoms with Crippen molar-refractivity contribution in [3.05, 3.63) is 34.4 Å². The number of nitro benzene ring substituents is 1. The summed E-state index contributed by atoms with van der Waals surface area (Å²) in [5.41, 5.74) is -0.872. The van der Waals surface area contributed by atoms with Gasteiger partial charge in [0.15, 0.2) is 5.56 Å². The van der Waals surface area contributed by atoms with Gasteiger partial charge in [0.2, 0.25) is 0 Å². The molecular formula is C11H12ClNO5. The minimum absolute atomic E-state index is 0.0453. The molecular weight excluding hydrogens is 262 g/mol. The summed E-state index contributed by atoms with van der Waals surface area (Å²) < 4.78 is 9.57. The van der Waals surface area contributed by atoms with Gasteiger partial charge in [0.05, 0.1) is 4.92 Å². The summed E-state index contributed by atoms with van der Waals surface area (Å²) >= 11 is 5.73. The van der Waals surface area contributed by atoms with E-state index in [0.29, 0.717) is 0 Å². The lowest BCUT2D eigenvalue weighted by atomic mass is 10.2. The van der Waals surface area contributed by atoms with Gasteiger partial charge in [0.25, 0.3) is 5.69 Å². The summed E-state index contributed by atoms with van der Waals surface area (Å²) in [7, 11) is 0. The van der Waals surface area contributed by atoms with Crippen molar-refractivity contribution in [2.75, 3.05) is 0 Å². The second kappa shape index (κ2) is 6.20. The molecule has 0 N–H and O–H groups in total. The molecule has 1 aromatic carbocycles. The average molecular weight is 274 g/mol. The Hall–Kier alpha value is -1.82. The highest BCUT2D eigenvalue weighted by Crippen LogP contribution is 2.19. The Morgan fingerprint density at radius 2 is 1.89 bits per heavy atom. The van der Waals surface area contributed by atoms with Gasteiger partial charge in [-0.2, -0.15) is 0 Å². The summed E-state index contributed by atoms with van der Waals surface area (Å²) in [5.74, 6) is 0.106. The molecule has 0 amide bonds. The maximum absolute atomic E-state index is 11.3. The fourth-order valence-corrected chi connectivity index (χ4v) is 1.06. The van der Waals surface area contributed by atoms with Crippen LogP contribution in [0.2, 0.25) is 0 Å². The Kier molecular flexibility index (Phi) is 4.91. The first kappa shape index (κ1) is 14.2. The maximum atomic E-state index is 11.3. The molecule has 0 aliphatic heterocycles. The number of carbonyl (C=O) groups is 1. The number of hydrogen-bond donors (Lipinski definition) is 0. The van der Waals surface area contributed by atoms with Crippen molar-refractivity contribution in [3.8, 4) is 5.75 Å². The van der Waals surface area contributed by atoms with Crippen LogP contribution in [0.5, 0.6) is 5.75 Å². The highest BCUT2D eigenvalue weighted by molar-refractivity contribution is 6.20. The Bertz CT molecular complexity index is 432. The number of nitrogens with zero attached hydrogens (tertiary/aromatic N) is 1. The van der Waals surface area contributed by atoms with Crippen LogP contribution in [-0.4, -0.2) is 16.6 Å². The van der Waals surface area contributed by atoms with Crippen LogP contribution in [0.3, 0.4) is 0 Å². The van der Waals surface area contributed by atoms with E-state index in [9.17, 15) is 14.9 Å². The van der Waals surface area contributed by atoms with Crippen LogP contribution in [0.1, 0.15) is 13.8 Å². The Labute approximate surface area is 109 Å². The van der Waals surface area contributed by atoms with Gasteiger partial charge in [-0.15, -0.1) is 0 Å². The van der Waals surface area contributed by atoms with Gasteiger partial charge in [0, 0.05) is 18.1 Å². The van der Waals surface area contributed by atoms with E-state index >= 15 is 0 Å². The third kappa shape index (κ3) is 4.21. The molecule has 0 heterocycles. The third-order valence-corrected chi connectivity index (χ3v) is 2.57. The van der Waals surface area contributed by atoms with E-state index in [-0.39, 0.29) is 17.4 Å². The van der Waals surface area contributed by atoms with Crippen LogP contribution in [-0.2, 0) is 4.74 Å². The topological polar surface area (TPSA) is 78.7 Å². The van der Waals surface area contributed by atoms with Gasteiger partial charge >= 0.3 is 6.16 Å². The first-order valence-electron chi connectivity index (χ1n) is 5.17. The van der Waals surface area contributed by atoms with E-state index < -0.39 is 16.6 Å². The summed E-state index contributed by atoms with van der Waals surface area (Å²) in [6, 6.07) is 5.06. The number of ether oxygens (including phenoxy) is 2. The Morgan fingerprint density at radius 1 is 1.33 bits per heavy atom. The maximum Gasteiger partial charge on any atom is 0.515 e. The van der Waals surface area contributed by atoms with Crippen LogP contribution < -0.4 is 4.74 Å². The van der Waals surface area contributed by atoms with E-state index in [2.05, 4.69) is 0 Å². The Morgan fingerprint density at radius 3 is 2.33 bits per heavy atom. The molecule has 0 aromatic heterocycles. The molecule has 7 heteroatoms. The molecule has 1 unspecified atom stereocenters. The minimum atomic E-state index is -0.947. The minimum Gasteiger partial charge on any atom is -0.414 e. The van der Waals surface area contributed by atoms with E-state index in [1.165, 1.54) is 24.3 Å². The smallest absolute Gasteiger partial charge is 0.414 e. The largest absolute Gasteiger partial charge is 0.515 e. The van der Waals surface area contributed by atoms with Crippen LogP contribution in [0.15, 0.2) is 24.3 Å². The molecule has 18 heavy (non-hydrogen) atoms. The van der Waals surface area contributed by atoms with Crippen LogP contribution >= 0.6 is 11.6 Å². The zero-order chi connectivity index (χ0) is 13.7. The fraction of sp³-hybridized carbons (Fsp3) is 0.364. The van der Waals surface area contributed by atoms with Crippen molar-refractivity contribution in [2.24, 2.45) is 5.92 Å². The van der Waals surface area contributed by atoms with Crippen molar-refractivity contribution in [2.45, 2.75) is 19.4 Å².